The maximum Gasteiger partial charge on any atom is 0.453 e. The minimum absolute atomic E-state index is 0.162. The first-order chi connectivity index (χ1) is 14.5. The molecule has 0 bridgehead atoms. The van der Waals surface area contributed by atoms with Crippen LogP contribution in [0.2, 0.25) is 0 Å². The van der Waals surface area contributed by atoms with E-state index in [2.05, 4.69) is 0 Å². The number of carboxylic acid groups (broad SMARTS) is 1. The predicted molar refractivity (Wildman–Crippen MR) is 99.9 cm³/mol. The van der Waals surface area contributed by atoms with Crippen molar-refractivity contribution >= 4 is 12.1 Å². The number of carbonyl (C=O) groups excluding carboxylic acids is 1. The summed E-state index contributed by atoms with van der Waals surface area (Å²) >= 11 is 0. The van der Waals surface area contributed by atoms with E-state index < -0.39 is 43.0 Å². The standard InChI is InChI=1S/C21H18F5NO4/c22-20(23,21(24,25)26)10-9-17(18(28)29)27-19(30)31-11-16-14-7-3-1-5-12(14)13-6-2-4-8-15(13)16/h1-8,16-17H,9-11H2,(H,27,30)(H,28,29)/t17-/m0/s1. The molecule has 0 unspecified atom stereocenters. The first-order valence-corrected chi connectivity index (χ1v) is 9.30. The molecular formula is C21H18F5NO4. The van der Waals surface area contributed by atoms with E-state index in [0.29, 0.717) is 0 Å². The van der Waals surface area contributed by atoms with Gasteiger partial charge in [0.15, 0.2) is 0 Å². The van der Waals surface area contributed by atoms with Crippen LogP contribution in [0.4, 0.5) is 26.7 Å². The van der Waals surface area contributed by atoms with Crippen LogP contribution in [0.1, 0.15) is 29.9 Å². The molecule has 1 amide bonds. The fourth-order valence-corrected chi connectivity index (χ4v) is 3.51. The fourth-order valence-electron chi connectivity index (χ4n) is 3.51. The van der Waals surface area contributed by atoms with Gasteiger partial charge in [0.05, 0.1) is 0 Å². The zero-order chi connectivity index (χ0) is 22.8. The Morgan fingerprint density at radius 3 is 1.97 bits per heavy atom. The van der Waals surface area contributed by atoms with E-state index in [0.717, 1.165) is 22.3 Å². The number of aliphatic carboxylic acids is 1. The topological polar surface area (TPSA) is 75.6 Å². The molecule has 1 aliphatic carbocycles. The highest BCUT2D eigenvalue weighted by molar-refractivity contribution is 5.81. The molecule has 0 saturated carbocycles. The van der Waals surface area contributed by atoms with Gasteiger partial charge in [0.2, 0.25) is 0 Å². The number of benzene rings is 2. The smallest absolute Gasteiger partial charge is 0.453 e. The number of alkyl halides is 5. The van der Waals surface area contributed by atoms with E-state index in [4.69, 9.17) is 9.84 Å². The van der Waals surface area contributed by atoms with Crippen LogP contribution >= 0.6 is 0 Å². The van der Waals surface area contributed by atoms with E-state index in [1.165, 1.54) is 0 Å². The number of alkyl carbamates (subject to hydrolysis) is 1. The Labute approximate surface area is 173 Å². The van der Waals surface area contributed by atoms with Crippen molar-refractivity contribution in [3.8, 4) is 11.1 Å². The number of nitrogens with one attached hydrogen (secondary N) is 1. The van der Waals surface area contributed by atoms with Crippen LogP contribution in [-0.4, -0.2) is 41.9 Å². The van der Waals surface area contributed by atoms with E-state index >= 15 is 0 Å². The lowest BCUT2D eigenvalue weighted by Crippen LogP contribution is -2.44. The summed E-state index contributed by atoms with van der Waals surface area (Å²) in [5.74, 6) is -7.13. The average Bonchev–Trinajstić information content (AvgIpc) is 3.02. The van der Waals surface area contributed by atoms with Crippen molar-refractivity contribution in [1.82, 2.24) is 5.32 Å². The van der Waals surface area contributed by atoms with Gasteiger partial charge in [-0.3, -0.25) is 0 Å². The number of carboxylic acids is 1. The highest BCUT2D eigenvalue weighted by Gasteiger charge is 2.57. The SMILES string of the molecule is O=C(N[C@@H](CCC(F)(F)C(F)(F)F)C(=O)O)OCC1c2ccccc2-c2ccccc21. The number of hydrogen-bond donors (Lipinski definition) is 2. The number of fused-ring (bicyclic) bond motifs is 3. The molecule has 3 rings (SSSR count). The molecule has 2 aromatic rings. The molecule has 0 heterocycles. The number of rotatable bonds is 7. The Bertz CT molecular complexity index is 931. The summed E-state index contributed by atoms with van der Waals surface area (Å²) in [6.45, 7) is -0.162. The molecule has 10 heteroatoms. The molecule has 31 heavy (non-hydrogen) atoms. The van der Waals surface area contributed by atoms with Crippen molar-refractivity contribution in [2.75, 3.05) is 6.61 Å². The normalized spacial score (nSPS) is 14.5. The second kappa shape index (κ2) is 8.52. The highest BCUT2D eigenvalue weighted by atomic mass is 19.4. The van der Waals surface area contributed by atoms with Crippen LogP contribution in [-0.2, 0) is 9.53 Å². The quantitative estimate of drug-likeness (QED) is 0.594. The number of ether oxygens (including phenoxy) is 1. The van der Waals surface area contributed by atoms with Crippen LogP contribution in [0.25, 0.3) is 11.1 Å². The van der Waals surface area contributed by atoms with Crippen LogP contribution in [0.5, 0.6) is 0 Å². The molecule has 2 aromatic carbocycles. The third-order valence-electron chi connectivity index (χ3n) is 5.10. The Hall–Kier alpha value is -3.17. The van der Waals surface area contributed by atoms with E-state index in [1.807, 2.05) is 53.8 Å². The predicted octanol–water partition coefficient (Wildman–Crippen LogP) is 4.96. The van der Waals surface area contributed by atoms with Gasteiger partial charge in [-0.05, 0) is 28.7 Å². The molecule has 0 spiro atoms. The molecule has 0 radical (unpaired) electrons. The van der Waals surface area contributed by atoms with Gasteiger partial charge in [-0.2, -0.15) is 22.0 Å². The fraction of sp³-hybridized carbons (Fsp3) is 0.333. The Balaban J connectivity index is 1.63. The van der Waals surface area contributed by atoms with Crippen LogP contribution < -0.4 is 5.32 Å². The molecular weight excluding hydrogens is 425 g/mol. The molecule has 5 nitrogen and oxygen atoms in total. The Morgan fingerprint density at radius 1 is 0.968 bits per heavy atom. The lowest BCUT2D eigenvalue weighted by molar-refractivity contribution is -0.284. The summed E-state index contributed by atoms with van der Waals surface area (Å²) < 4.78 is 68.0. The third-order valence-corrected chi connectivity index (χ3v) is 5.10. The van der Waals surface area contributed by atoms with Gasteiger partial charge in [0.25, 0.3) is 0 Å². The van der Waals surface area contributed by atoms with Crippen LogP contribution in [0.15, 0.2) is 48.5 Å². The zero-order valence-corrected chi connectivity index (χ0v) is 16.0. The van der Waals surface area contributed by atoms with Gasteiger partial charge in [-0.25, -0.2) is 9.59 Å². The summed E-state index contributed by atoms with van der Waals surface area (Å²) in [7, 11) is 0. The zero-order valence-electron chi connectivity index (χ0n) is 16.0. The average molecular weight is 443 g/mol. The minimum atomic E-state index is -5.81. The van der Waals surface area contributed by atoms with Gasteiger partial charge < -0.3 is 15.2 Å². The van der Waals surface area contributed by atoms with E-state index in [-0.39, 0.29) is 12.5 Å². The minimum Gasteiger partial charge on any atom is -0.480 e. The summed E-state index contributed by atoms with van der Waals surface area (Å²) in [5.41, 5.74) is 3.72. The van der Waals surface area contributed by atoms with Gasteiger partial charge in [-0.15, -0.1) is 0 Å². The number of halogens is 5. The number of carbonyl (C=O) groups is 2. The number of amides is 1. The van der Waals surface area contributed by atoms with E-state index in [1.54, 1.807) is 0 Å². The van der Waals surface area contributed by atoms with Gasteiger partial charge in [-0.1, -0.05) is 48.5 Å². The van der Waals surface area contributed by atoms with Crippen molar-refractivity contribution < 1.29 is 41.4 Å². The van der Waals surface area contributed by atoms with Crippen molar-refractivity contribution in [3.63, 3.8) is 0 Å². The Morgan fingerprint density at radius 2 is 1.48 bits per heavy atom. The van der Waals surface area contributed by atoms with Crippen molar-refractivity contribution in [2.45, 2.75) is 36.9 Å². The maximum atomic E-state index is 13.1. The molecule has 0 saturated heterocycles. The maximum absolute atomic E-state index is 13.1. The molecule has 0 aliphatic heterocycles. The van der Waals surface area contributed by atoms with E-state index in [9.17, 15) is 31.5 Å². The first-order valence-electron chi connectivity index (χ1n) is 9.30. The highest BCUT2D eigenvalue weighted by Crippen LogP contribution is 2.44. The largest absolute Gasteiger partial charge is 0.480 e. The van der Waals surface area contributed by atoms with Crippen molar-refractivity contribution in [1.29, 1.82) is 0 Å². The third kappa shape index (κ3) is 4.78. The summed E-state index contributed by atoms with van der Waals surface area (Å²) in [6.07, 6.45) is -9.92. The second-order valence-corrected chi connectivity index (χ2v) is 7.10. The molecule has 1 atom stereocenters. The molecule has 0 aromatic heterocycles. The van der Waals surface area contributed by atoms with Crippen LogP contribution in [0, 0.1) is 0 Å². The van der Waals surface area contributed by atoms with Crippen molar-refractivity contribution in [2.24, 2.45) is 0 Å². The number of hydrogen-bond acceptors (Lipinski definition) is 3. The lowest BCUT2D eigenvalue weighted by Gasteiger charge is -2.22. The summed E-state index contributed by atoms with van der Waals surface area (Å²) in [5, 5.41) is 10.9. The van der Waals surface area contributed by atoms with Gasteiger partial charge in [0, 0.05) is 12.3 Å². The summed E-state index contributed by atoms with van der Waals surface area (Å²) in [6, 6.07) is 13.0. The molecule has 166 valence electrons. The molecule has 0 fully saturated rings. The summed E-state index contributed by atoms with van der Waals surface area (Å²) in [4.78, 5) is 23.2. The van der Waals surface area contributed by atoms with Crippen molar-refractivity contribution in [3.05, 3.63) is 59.7 Å². The van der Waals surface area contributed by atoms with Gasteiger partial charge in [0.1, 0.15) is 12.6 Å². The van der Waals surface area contributed by atoms with Crippen LogP contribution in [0.3, 0.4) is 0 Å². The first kappa shape index (κ1) is 22.5. The van der Waals surface area contributed by atoms with Gasteiger partial charge >= 0.3 is 24.2 Å². The monoisotopic (exact) mass is 443 g/mol. The molecule has 2 N–H and O–H groups in total. The Kier molecular flexibility index (Phi) is 6.19. The molecule has 1 aliphatic rings. The lowest BCUT2D eigenvalue weighted by atomic mass is 9.98. The second-order valence-electron chi connectivity index (χ2n) is 7.10.